The summed E-state index contributed by atoms with van der Waals surface area (Å²) >= 11 is 0. The molecule has 208 valence electrons. The number of nitriles is 1. The van der Waals surface area contributed by atoms with Crippen LogP contribution >= 0.6 is 0 Å². The van der Waals surface area contributed by atoms with Crippen LogP contribution < -0.4 is 10.2 Å². The van der Waals surface area contributed by atoms with E-state index in [0.29, 0.717) is 38.0 Å². The summed E-state index contributed by atoms with van der Waals surface area (Å²) in [5, 5.41) is 17.4. The van der Waals surface area contributed by atoms with Crippen molar-refractivity contribution in [2.24, 2.45) is 5.92 Å². The van der Waals surface area contributed by atoms with Crippen LogP contribution in [0.15, 0.2) is 54.7 Å². The number of hydrogen-bond acceptors (Lipinski definition) is 6. The molecule has 8 nitrogen and oxygen atoms in total. The number of sulfone groups is 1. The Hall–Kier alpha value is -3.71. The normalized spacial score (nSPS) is 23.2. The number of halogens is 1. The molecule has 2 atom stereocenters. The van der Waals surface area contributed by atoms with E-state index in [1.54, 1.807) is 22.9 Å². The van der Waals surface area contributed by atoms with Crippen LogP contribution in [0.2, 0.25) is 0 Å². The lowest BCUT2D eigenvalue weighted by Gasteiger charge is -2.31. The summed E-state index contributed by atoms with van der Waals surface area (Å²) in [5.41, 5.74) is 3.02. The zero-order valence-electron chi connectivity index (χ0n) is 22.2. The summed E-state index contributed by atoms with van der Waals surface area (Å²) in [6.07, 6.45) is 6.56. The average molecular weight is 562 g/mol. The monoisotopic (exact) mass is 561 g/mol. The molecule has 3 fully saturated rings. The highest BCUT2D eigenvalue weighted by Crippen LogP contribution is 2.43. The van der Waals surface area contributed by atoms with Gasteiger partial charge in [-0.1, -0.05) is 37.1 Å². The Bertz CT molecular complexity index is 1560. The minimum Gasteiger partial charge on any atom is -0.369 e. The fourth-order valence-corrected chi connectivity index (χ4v) is 7.16. The van der Waals surface area contributed by atoms with Crippen LogP contribution in [-0.4, -0.2) is 54.2 Å². The number of carbonyl (C=O) groups excluding carboxylic acids is 1. The topological polar surface area (TPSA) is 108 Å². The second kappa shape index (κ2) is 10.4. The first-order valence-electron chi connectivity index (χ1n) is 13.9. The number of nitrogens with zero attached hydrogens (tertiary/aromatic N) is 4. The van der Waals surface area contributed by atoms with Crippen LogP contribution in [0.4, 0.5) is 10.1 Å². The molecule has 2 aromatic carbocycles. The highest BCUT2D eigenvalue weighted by Gasteiger charge is 2.47. The SMILES string of the molecule is N#CC1(NC(=O)C2CCCCC2c2nn(-c3ccccc3F)cc2-c2ccc(N3CCS(=O)(=O)CC3)cc2)CC1. The van der Waals surface area contributed by atoms with Crippen LogP contribution in [0.1, 0.15) is 50.1 Å². The summed E-state index contributed by atoms with van der Waals surface area (Å²) in [5.74, 6) is -0.694. The first-order valence-corrected chi connectivity index (χ1v) is 15.7. The quantitative estimate of drug-likeness (QED) is 0.479. The van der Waals surface area contributed by atoms with Gasteiger partial charge in [0, 0.05) is 42.4 Å². The number of aromatic nitrogens is 2. The first-order chi connectivity index (χ1) is 19.3. The second-order valence-electron chi connectivity index (χ2n) is 11.2. The molecule has 2 unspecified atom stereocenters. The summed E-state index contributed by atoms with van der Waals surface area (Å²) in [6.45, 7) is 0.919. The van der Waals surface area contributed by atoms with Crippen molar-refractivity contribution in [2.45, 2.75) is 50.0 Å². The van der Waals surface area contributed by atoms with Crippen LogP contribution in [0, 0.1) is 23.1 Å². The van der Waals surface area contributed by atoms with Gasteiger partial charge in [-0.15, -0.1) is 0 Å². The number of carbonyl (C=O) groups is 1. The number of amides is 1. The predicted molar refractivity (Wildman–Crippen MR) is 150 cm³/mol. The minimum absolute atomic E-state index is 0.106. The van der Waals surface area contributed by atoms with E-state index >= 15 is 0 Å². The van der Waals surface area contributed by atoms with Gasteiger partial charge in [-0.2, -0.15) is 10.4 Å². The van der Waals surface area contributed by atoms with E-state index in [2.05, 4.69) is 16.3 Å². The minimum atomic E-state index is -2.98. The van der Waals surface area contributed by atoms with Gasteiger partial charge in [-0.05, 0) is 55.5 Å². The highest BCUT2D eigenvalue weighted by atomic mass is 32.2. The largest absolute Gasteiger partial charge is 0.369 e. The Morgan fingerprint density at radius 2 is 1.75 bits per heavy atom. The fourth-order valence-electron chi connectivity index (χ4n) is 5.96. The highest BCUT2D eigenvalue weighted by molar-refractivity contribution is 7.91. The lowest BCUT2D eigenvalue weighted by atomic mass is 9.75. The van der Waals surface area contributed by atoms with Crippen molar-refractivity contribution in [1.82, 2.24) is 15.1 Å². The molecule has 2 saturated carbocycles. The van der Waals surface area contributed by atoms with Crippen molar-refractivity contribution in [3.05, 3.63) is 66.2 Å². The van der Waals surface area contributed by atoms with Crippen molar-refractivity contribution < 1.29 is 17.6 Å². The van der Waals surface area contributed by atoms with E-state index in [-0.39, 0.29) is 35.1 Å². The lowest BCUT2D eigenvalue weighted by Crippen LogP contribution is -2.42. The molecule has 3 aromatic rings. The molecule has 1 aliphatic heterocycles. The van der Waals surface area contributed by atoms with E-state index in [9.17, 15) is 22.9 Å². The van der Waals surface area contributed by atoms with E-state index in [0.717, 1.165) is 41.8 Å². The molecule has 0 spiro atoms. The van der Waals surface area contributed by atoms with Crippen molar-refractivity contribution in [1.29, 1.82) is 5.26 Å². The van der Waals surface area contributed by atoms with E-state index in [1.165, 1.54) is 6.07 Å². The molecule has 2 heterocycles. The first kappa shape index (κ1) is 26.5. The van der Waals surface area contributed by atoms with Gasteiger partial charge in [0.1, 0.15) is 17.0 Å². The standard InChI is InChI=1S/C30H32FN5O3S/c31-26-7-3-4-8-27(26)36-19-25(21-9-11-22(12-10-21)35-15-17-40(38,39)18-16-35)28(34-36)23-5-1-2-6-24(23)29(37)33-30(20-32)13-14-30/h3-4,7-12,19,23-24H,1-2,5-6,13-18H2,(H,33,37). The molecule has 6 rings (SSSR count). The number of para-hydroxylation sites is 1. The van der Waals surface area contributed by atoms with E-state index in [4.69, 9.17) is 5.10 Å². The fraction of sp³-hybridized carbons (Fsp3) is 0.433. The summed E-state index contributed by atoms with van der Waals surface area (Å²) in [4.78, 5) is 15.5. The maximum Gasteiger partial charge on any atom is 0.225 e. The summed E-state index contributed by atoms with van der Waals surface area (Å²) in [7, 11) is -2.98. The Kier molecular flexibility index (Phi) is 6.87. The third kappa shape index (κ3) is 5.22. The Morgan fingerprint density at radius 3 is 2.42 bits per heavy atom. The molecule has 10 heteroatoms. The molecule has 40 heavy (non-hydrogen) atoms. The maximum atomic E-state index is 14.8. The molecule has 2 aliphatic carbocycles. The van der Waals surface area contributed by atoms with Gasteiger partial charge in [-0.3, -0.25) is 4.79 Å². The van der Waals surface area contributed by atoms with Crippen LogP contribution in [-0.2, 0) is 14.6 Å². The molecular weight excluding hydrogens is 529 g/mol. The third-order valence-electron chi connectivity index (χ3n) is 8.51. The van der Waals surface area contributed by atoms with Crippen LogP contribution in [0.25, 0.3) is 16.8 Å². The Morgan fingerprint density at radius 1 is 1.05 bits per heavy atom. The van der Waals surface area contributed by atoms with Gasteiger partial charge in [0.15, 0.2) is 9.84 Å². The molecule has 0 bridgehead atoms. The number of benzene rings is 2. The van der Waals surface area contributed by atoms with Crippen LogP contribution in [0.5, 0.6) is 0 Å². The van der Waals surface area contributed by atoms with Gasteiger partial charge >= 0.3 is 0 Å². The van der Waals surface area contributed by atoms with Crippen molar-refractivity contribution in [3.63, 3.8) is 0 Å². The van der Waals surface area contributed by atoms with Crippen molar-refractivity contribution >= 4 is 21.4 Å². The number of nitrogens with one attached hydrogen (secondary N) is 1. The third-order valence-corrected chi connectivity index (χ3v) is 10.1. The zero-order valence-corrected chi connectivity index (χ0v) is 23.0. The molecule has 0 radical (unpaired) electrons. The Balaban J connectivity index is 1.36. The molecule has 1 amide bonds. The summed E-state index contributed by atoms with van der Waals surface area (Å²) < 4.78 is 40.1. The van der Waals surface area contributed by atoms with Gasteiger partial charge in [0.2, 0.25) is 5.91 Å². The molecule has 1 aromatic heterocycles. The second-order valence-corrected chi connectivity index (χ2v) is 13.5. The van der Waals surface area contributed by atoms with Crippen LogP contribution in [0.3, 0.4) is 0 Å². The maximum absolute atomic E-state index is 14.8. The predicted octanol–water partition coefficient (Wildman–Crippen LogP) is 4.36. The molecule has 1 saturated heterocycles. The van der Waals surface area contributed by atoms with Gasteiger partial charge in [0.25, 0.3) is 0 Å². The van der Waals surface area contributed by atoms with E-state index in [1.807, 2.05) is 30.5 Å². The number of anilines is 1. The molecular formula is C30H32FN5O3S. The van der Waals surface area contributed by atoms with Crippen molar-refractivity contribution in [2.75, 3.05) is 29.5 Å². The molecule has 3 aliphatic rings. The lowest BCUT2D eigenvalue weighted by molar-refractivity contribution is -0.127. The van der Waals surface area contributed by atoms with Gasteiger partial charge in [-0.25, -0.2) is 17.5 Å². The van der Waals surface area contributed by atoms with Crippen molar-refractivity contribution in [3.8, 4) is 22.9 Å². The zero-order chi connectivity index (χ0) is 27.9. The number of hydrogen-bond donors (Lipinski definition) is 1. The Labute approximate surface area is 233 Å². The summed E-state index contributed by atoms with van der Waals surface area (Å²) in [6, 6.07) is 16.7. The smallest absolute Gasteiger partial charge is 0.225 e. The molecule has 1 N–H and O–H groups in total. The number of rotatable bonds is 6. The van der Waals surface area contributed by atoms with E-state index < -0.39 is 15.4 Å². The van der Waals surface area contributed by atoms with Gasteiger partial charge in [0.05, 0.1) is 23.3 Å². The average Bonchev–Trinajstić information content (AvgIpc) is 3.60. The van der Waals surface area contributed by atoms with Gasteiger partial charge < -0.3 is 10.2 Å².